The number of nitrogens with zero attached hydrogens (tertiary/aromatic N) is 2. The van der Waals surface area contributed by atoms with Crippen LogP contribution in [0.15, 0.2) is 16.7 Å². The average Bonchev–Trinajstić information content (AvgIpc) is 3.25. The lowest BCUT2D eigenvalue weighted by molar-refractivity contribution is -0.123. The van der Waals surface area contributed by atoms with Gasteiger partial charge in [-0.15, -0.1) is 11.3 Å². The predicted octanol–water partition coefficient (Wildman–Crippen LogP) is 4.31. The molecule has 0 saturated carbocycles. The van der Waals surface area contributed by atoms with E-state index in [1.807, 2.05) is 51.7 Å². The maximum Gasteiger partial charge on any atom is 0.257 e. The van der Waals surface area contributed by atoms with Crippen molar-refractivity contribution in [1.82, 2.24) is 10.1 Å². The predicted molar refractivity (Wildman–Crippen MR) is 101 cm³/mol. The summed E-state index contributed by atoms with van der Waals surface area (Å²) in [4.78, 5) is 28.4. The normalized spacial score (nSPS) is 17.6. The van der Waals surface area contributed by atoms with Crippen LogP contribution >= 0.6 is 11.3 Å². The van der Waals surface area contributed by atoms with Gasteiger partial charge in [0.15, 0.2) is 5.76 Å². The van der Waals surface area contributed by atoms with Gasteiger partial charge in [-0.3, -0.25) is 9.59 Å². The molecule has 7 heteroatoms. The summed E-state index contributed by atoms with van der Waals surface area (Å²) in [5.74, 6) is 0.549. The summed E-state index contributed by atoms with van der Waals surface area (Å²) < 4.78 is 5.40. The van der Waals surface area contributed by atoms with Crippen LogP contribution in [-0.2, 0) is 4.79 Å². The quantitative estimate of drug-likeness (QED) is 0.867. The molecule has 1 aliphatic rings. The Morgan fingerprint density at radius 1 is 1.31 bits per heavy atom. The molecular formula is C19H25N3O3S. The first-order valence-corrected chi connectivity index (χ1v) is 9.64. The van der Waals surface area contributed by atoms with Crippen LogP contribution in [0.4, 0.5) is 5.00 Å². The smallest absolute Gasteiger partial charge is 0.257 e. The summed E-state index contributed by atoms with van der Waals surface area (Å²) >= 11 is 1.43. The highest BCUT2D eigenvalue weighted by Gasteiger charge is 2.35. The molecule has 1 aliphatic heterocycles. The number of likely N-dealkylation sites (tertiary alicyclic amines) is 1. The summed E-state index contributed by atoms with van der Waals surface area (Å²) in [6.07, 6.45) is 1.77. The minimum absolute atomic E-state index is 0.0740. The van der Waals surface area contributed by atoms with E-state index in [9.17, 15) is 9.59 Å². The van der Waals surface area contributed by atoms with E-state index >= 15 is 0 Å². The van der Waals surface area contributed by atoms with Gasteiger partial charge in [0.1, 0.15) is 5.00 Å². The lowest BCUT2D eigenvalue weighted by Crippen LogP contribution is -2.32. The Hall–Kier alpha value is -2.15. The van der Waals surface area contributed by atoms with Gasteiger partial charge in [0, 0.05) is 22.9 Å². The number of thiophene rings is 1. The molecule has 6 nitrogen and oxygen atoms in total. The molecule has 0 spiro atoms. The van der Waals surface area contributed by atoms with Crippen LogP contribution in [-0.4, -0.2) is 28.4 Å². The Balaban J connectivity index is 1.86. The van der Waals surface area contributed by atoms with E-state index in [2.05, 4.69) is 10.5 Å². The van der Waals surface area contributed by atoms with E-state index in [0.717, 1.165) is 29.2 Å². The van der Waals surface area contributed by atoms with Crippen molar-refractivity contribution >= 4 is 28.2 Å². The number of nitrogens with one attached hydrogen (secondary N) is 1. The number of aromatic nitrogens is 1. The summed E-state index contributed by atoms with van der Waals surface area (Å²) in [5, 5.41) is 7.50. The van der Waals surface area contributed by atoms with Gasteiger partial charge >= 0.3 is 0 Å². The Morgan fingerprint density at radius 3 is 2.65 bits per heavy atom. The first kappa shape index (κ1) is 18.6. The van der Waals surface area contributed by atoms with Crippen molar-refractivity contribution in [3.05, 3.63) is 34.0 Å². The molecule has 0 bridgehead atoms. The maximum absolute atomic E-state index is 13.2. The zero-order valence-corrected chi connectivity index (χ0v) is 16.7. The van der Waals surface area contributed by atoms with Crippen molar-refractivity contribution in [2.75, 3.05) is 11.9 Å². The number of carbonyl (C=O) groups excluding carboxylic acids is 2. The highest BCUT2D eigenvalue weighted by molar-refractivity contribution is 7.16. The fourth-order valence-electron chi connectivity index (χ4n) is 3.06. The Bertz CT molecular complexity index is 831. The second-order valence-corrected chi connectivity index (χ2v) is 9.09. The third-order valence-electron chi connectivity index (χ3n) is 4.48. The van der Waals surface area contributed by atoms with Crippen molar-refractivity contribution in [1.29, 1.82) is 0 Å². The molecule has 2 aromatic heterocycles. The fourth-order valence-corrected chi connectivity index (χ4v) is 3.96. The number of hydrogen-bond donors (Lipinski definition) is 1. The number of carbonyl (C=O) groups is 2. The molecule has 0 radical (unpaired) electrons. The van der Waals surface area contributed by atoms with Crippen molar-refractivity contribution in [2.24, 2.45) is 5.41 Å². The largest absolute Gasteiger partial charge is 0.359 e. The van der Waals surface area contributed by atoms with Crippen molar-refractivity contribution in [3.8, 4) is 0 Å². The summed E-state index contributed by atoms with van der Waals surface area (Å²) in [7, 11) is 0. The zero-order chi connectivity index (χ0) is 19.1. The van der Waals surface area contributed by atoms with E-state index in [1.54, 1.807) is 0 Å². The molecule has 2 amide bonds. The molecule has 0 aliphatic carbocycles. The van der Waals surface area contributed by atoms with E-state index in [-0.39, 0.29) is 17.9 Å². The Kier molecular flexibility index (Phi) is 4.92. The minimum Gasteiger partial charge on any atom is -0.359 e. The van der Waals surface area contributed by atoms with E-state index < -0.39 is 5.41 Å². The molecule has 0 unspecified atom stereocenters. The van der Waals surface area contributed by atoms with Crippen LogP contribution in [0.5, 0.6) is 0 Å². The topological polar surface area (TPSA) is 75.4 Å². The van der Waals surface area contributed by atoms with E-state index in [4.69, 9.17) is 4.52 Å². The molecule has 26 heavy (non-hydrogen) atoms. The van der Waals surface area contributed by atoms with Gasteiger partial charge in [0.05, 0.1) is 17.3 Å². The van der Waals surface area contributed by atoms with Gasteiger partial charge < -0.3 is 14.7 Å². The number of amides is 2. The van der Waals surface area contributed by atoms with Crippen LogP contribution in [0.25, 0.3) is 0 Å². The van der Waals surface area contributed by atoms with Crippen molar-refractivity contribution < 1.29 is 14.1 Å². The SMILES string of the molecule is Cc1cc([C@@H]2CCCN2C(=O)c2cc(C)sc2NC(=O)C(C)(C)C)on1. The molecule has 140 valence electrons. The lowest BCUT2D eigenvalue weighted by Gasteiger charge is -2.23. The monoisotopic (exact) mass is 375 g/mol. The van der Waals surface area contributed by atoms with E-state index in [0.29, 0.717) is 17.1 Å². The summed E-state index contributed by atoms with van der Waals surface area (Å²) in [5.41, 5.74) is 0.836. The zero-order valence-electron chi connectivity index (χ0n) is 15.9. The van der Waals surface area contributed by atoms with Crippen LogP contribution in [0.1, 0.15) is 66.3 Å². The van der Waals surface area contributed by atoms with Crippen molar-refractivity contribution in [3.63, 3.8) is 0 Å². The summed E-state index contributed by atoms with van der Waals surface area (Å²) in [6.45, 7) is 10.0. The van der Waals surface area contributed by atoms with E-state index in [1.165, 1.54) is 11.3 Å². The third-order valence-corrected chi connectivity index (χ3v) is 5.45. The maximum atomic E-state index is 13.2. The summed E-state index contributed by atoms with van der Waals surface area (Å²) in [6, 6.07) is 3.64. The first-order valence-electron chi connectivity index (χ1n) is 8.83. The molecule has 1 fully saturated rings. The molecular weight excluding hydrogens is 350 g/mol. The molecule has 1 atom stereocenters. The Morgan fingerprint density at radius 2 is 2.04 bits per heavy atom. The molecule has 3 heterocycles. The number of hydrogen-bond acceptors (Lipinski definition) is 5. The highest BCUT2D eigenvalue weighted by atomic mass is 32.1. The number of aryl methyl sites for hydroxylation is 2. The van der Waals surface area contributed by atoms with Crippen LogP contribution in [0.3, 0.4) is 0 Å². The van der Waals surface area contributed by atoms with Crippen LogP contribution in [0, 0.1) is 19.3 Å². The second kappa shape index (κ2) is 6.87. The second-order valence-electron chi connectivity index (χ2n) is 7.83. The van der Waals surface area contributed by atoms with Gasteiger partial charge in [-0.2, -0.15) is 0 Å². The minimum atomic E-state index is -0.522. The number of rotatable bonds is 3. The average molecular weight is 375 g/mol. The highest BCUT2D eigenvalue weighted by Crippen LogP contribution is 2.37. The Labute approximate surface area is 157 Å². The van der Waals surface area contributed by atoms with Crippen molar-refractivity contribution in [2.45, 2.75) is 53.5 Å². The van der Waals surface area contributed by atoms with Gasteiger partial charge in [-0.05, 0) is 32.8 Å². The van der Waals surface area contributed by atoms with Gasteiger partial charge in [0.25, 0.3) is 5.91 Å². The molecule has 1 N–H and O–H groups in total. The number of anilines is 1. The third kappa shape index (κ3) is 3.67. The molecule has 3 rings (SSSR count). The van der Waals surface area contributed by atoms with Crippen LogP contribution < -0.4 is 5.32 Å². The first-order chi connectivity index (χ1) is 12.2. The fraction of sp³-hybridized carbons (Fsp3) is 0.526. The molecule has 0 aromatic carbocycles. The van der Waals surface area contributed by atoms with Gasteiger partial charge in [0.2, 0.25) is 5.91 Å². The van der Waals surface area contributed by atoms with Gasteiger partial charge in [-0.25, -0.2) is 0 Å². The lowest BCUT2D eigenvalue weighted by atomic mass is 9.96. The molecule has 1 saturated heterocycles. The van der Waals surface area contributed by atoms with Crippen LogP contribution in [0.2, 0.25) is 0 Å². The molecule has 2 aromatic rings. The van der Waals surface area contributed by atoms with Gasteiger partial charge in [-0.1, -0.05) is 25.9 Å². The standard InChI is InChI=1S/C19H25N3O3S/c1-11-9-15(25-21-11)14-7-6-8-22(14)17(23)13-10-12(2)26-16(13)20-18(24)19(3,4)5/h9-10,14H,6-8H2,1-5H3,(H,20,24)/t14-/m0/s1.